The van der Waals surface area contributed by atoms with Gasteiger partial charge in [-0.1, -0.05) is 11.6 Å². The van der Waals surface area contributed by atoms with Gasteiger partial charge in [0.2, 0.25) is 17.7 Å². The van der Waals surface area contributed by atoms with Gasteiger partial charge in [0.05, 0.1) is 48.2 Å². The van der Waals surface area contributed by atoms with Crippen LogP contribution in [0, 0.1) is 0 Å². The monoisotopic (exact) mass is 797 g/mol. The average Bonchev–Trinajstić information content (AvgIpc) is 3.05. The molecule has 0 aliphatic heterocycles. The topological polar surface area (TPSA) is 203 Å². The summed E-state index contributed by atoms with van der Waals surface area (Å²) in [5, 5.41) is 0.615. The number of rotatable bonds is 8. The molecule has 0 aliphatic rings. The van der Waals surface area contributed by atoms with Gasteiger partial charge in [-0.05, 0) is 44.2 Å². The second-order valence-corrected chi connectivity index (χ2v) is 12.4. The molecule has 53 heavy (non-hydrogen) atoms. The number of nitrogens with zero attached hydrogens (tertiary/aromatic N) is 5. The zero-order valence-electron chi connectivity index (χ0n) is 27.7. The summed E-state index contributed by atoms with van der Waals surface area (Å²) in [6.45, 7) is 3.23. The molecule has 0 aliphatic carbocycles. The molecular weight excluding hydrogens is 772 g/mol. The van der Waals surface area contributed by atoms with Gasteiger partial charge in [-0.2, -0.15) is 44.7 Å². The highest BCUT2D eigenvalue weighted by atomic mass is 35.5. The van der Waals surface area contributed by atoms with Gasteiger partial charge >= 0.3 is 30.0 Å². The zero-order valence-corrected chi connectivity index (χ0v) is 29.2. The molecule has 0 bridgehead atoms. The summed E-state index contributed by atoms with van der Waals surface area (Å²) < 4.78 is 119. The Morgan fingerprint density at radius 2 is 1.53 bits per heavy atom. The number of ether oxygens (including phenoxy) is 3. The van der Waals surface area contributed by atoms with E-state index in [9.17, 15) is 53.9 Å². The Morgan fingerprint density at radius 3 is 2.06 bits per heavy atom. The number of esters is 1. The molecule has 3 heterocycles. The molecule has 0 saturated heterocycles. The van der Waals surface area contributed by atoms with E-state index in [1.165, 1.54) is 37.1 Å². The lowest BCUT2D eigenvalue weighted by atomic mass is 10.2. The van der Waals surface area contributed by atoms with Gasteiger partial charge in [0.15, 0.2) is 5.03 Å². The summed E-state index contributed by atoms with van der Waals surface area (Å²) >= 11 is 5.94. The van der Waals surface area contributed by atoms with Gasteiger partial charge in [0.25, 0.3) is 15.6 Å². The predicted octanol–water partition coefficient (Wildman–Crippen LogP) is 4.19. The minimum absolute atomic E-state index is 0.0101. The van der Waals surface area contributed by atoms with Crippen LogP contribution in [0.25, 0.3) is 5.69 Å². The first-order chi connectivity index (χ1) is 24.5. The Morgan fingerprint density at radius 1 is 0.925 bits per heavy atom. The number of urea groups is 1. The Kier molecular flexibility index (Phi) is 12.8. The van der Waals surface area contributed by atoms with Crippen LogP contribution in [-0.2, 0) is 34.2 Å². The van der Waals surface area contributed by atoms with E-state index in [1.807, 2.05) is 5.32 Å². The van der Waals surface area contributed by atoms with Gasteiger partial charge in [0.1, 0.15) is 5.69 Å². The van der Waals surface area contributed by atoms with E-state index in [4.69, 9.17) is 25.8 Å². The lowest BCUT2D eigenvalue weighted by Gasteiger charge is -2.15. The Labute approximate surface area is 299 Å². The standard InChI is InChI=1S/C16H14ClF3N2O4.C13H12F3N5O5S/c1-8(2)26-14(24)10-6-9(4-5-11(10)17)22-13(23)7-12(16(18,19)20)21(3)15(22)25;1-25-8-6-9(26-2)19-11(18-8)20-12(22)21-27(23,24)10-7(13(14,15)16)4-3-5-17-10/h4-8H,1-3H3;3-6H,1-2H3,(H2,18,19,20,21,22). The van der Waals surface area contributed by atoms with E-state index in [1.54, 1.807) is 13.8 Å². The number of sulfonamides is 1. The van der Waals surface area contributed by atoms with Crippen LogP contribution in [0.3, 0.4) is 0 Å². The third kappa shape index (κ3) is 10.4. The number of halogens is 7. The van der Waals surface area contributed by atoms with Crippen LogP contribution in [0.5, 0.6) is 11.8 Å². The smallest absolute Gasteiger partial charge is 0.431 e. The number of carbonyl (C=O) groups excluding carboxylic acids is 2. The second kappa shape index (κ2) is 16.3. The third-order valence-electron chi connectivity index (χ3n) is 6.26. The first-order valence-corrected chi connectivity index (χ1v) is 16.1. The number of alkyl halides is 6. The van der Waals surface area contributed by atoms with Crippen LogP contribution in [0.2, 0.25) is 5.02 Å². The van der Waals surface area contributed by atoms with E-state index in [0.29, 0.717) is 21.3 Å². The molecular formula is C29H26ClF6N7O9S. The number of hydrogen-bond acceptors (Lipinski definition) is 12. The molecule has 0 unspecified atom stereocenters. The molecule has 16 nitrogen and oxygen atoms in total. The van der Waals surface area contributed by atoms with Gasteiger partial charge in [-0.3, -0.25) is 14.7 Å². The summed E-state index contributed by atoms with van der Waals surface area (Å²) in [7, 11) is -1.49. The van der Waals surface area contributed by atoms with Crippen LogP contribution in [0.15, 0.2) is 63.3 Å². The van der Waals surface area contributed by atoms with Gasteiger partial charge in [-0.25, -0.2) is 28.7 Å². The number of aromatic nitrogens is 5. The highest BCUT2D eigenvalue weighted by molar-refractivity contribution is 7.90. The largest absolute Gasteiger partial charge is 0.481 e. The van der Waals surface area contributed by atoms with Crippen LogP contribution in [0.4, 0.5) is 37.1 Å². The SMILES string of the molecule is CC(C)OC(=O)c1cc(-n2c(=O)cc(C(F)(F)F)n(C)c2=O)ccc1Cl.COc1cc(OC)nc(NC(=O)NS(=O)(=O)c2ncccc2C(F)(F)F)n1. The predicted molar refractivity (Wildman–Crippen MR) is 172 cm³/mol. The van der Waals surface area contributed by atoms with Gasteiger partial charge < -0.3 is 14.2 Å². The van der Waals surface area contributed by atoms with Crippen molar-refractivity contribution < 1.29 is 58.6 Å². The first-order valence-electron chi connectivity index (χ1n) is 14.2. The fourth-order valence-corrected chi connectivity index (χ4v) is 5.27. The van der Waals surface area contributed by atoms with Crippen LogP contribution in [0.1, 0.15) is 35.5 Å². The number of hydrogen-bond donors (Lipinski definition) is 2. The first kappa shape index (κ1) is 41.7. The normalized spacial score (nSPS) is 11.6. The zero-order chi connectivity index (χ0) is 40.1. The van der Waals surface area contributed by atoms with Crippen molar-refractivity contribution in [3.05, 3.63) is 91.3 Å². The van der Waals surface area contributed by atoms with Crippen molar-refractivity contribution in [2.75, 3.05) is 19.5 Å². The van der Waals surface area contributed by atoms with Crippen molar-refractivity contribution in [1.82, 2.24) is 28.8 Å². The summed E-state index contributed by atoms with van der Waals surface area (Å²) in [5.74, 6) is -1.22. The van der Waals surface area contributed by atoms with Crippen LogP contribution in [-0.4, -0.2) is 64.8 Å². The minimum atomic E-state index is -4.99. The van der Waals surface area contributed by atoms with E-state index in [0.717, 1.165) is 25.4 Å². The molecule has 0 saturated carbocycles. The van der Waals surface area contributed by atoms with E-state index >= 15 is 0 Å². The van der Waals surface area contributed by atoms with Crippen molar-refractivity contribution in [1.29, 1.82) is 0 Å². The molecule has 2 N–H and O–H groups in total. The highest BCUT2D eigenvalue weighted by Gasteiger charge is 2.39. The highest BCUT2D eigenvalue weighted by Crippen LogP contribution is 2.33. The van der Waals surface area contributed by atoms with Gasteiger partial charge in [-0.15, -0.1) is 0 Å². The number of amides is 2. The summed E-state index contributed by atoms with van der Waals surface area (Å²) in [4.78, 5) is 59.0. The maximum Gasteiger partial charge on any atom is 0.431 e. The number of methoxy groups -OCH3 is 2. The maximum atomic E-state index is 12.9. The number of nitrogens with one attached hydrogen (secondary N) is 2. The molecule has 286 valence electrons. The van der Waals surface area contributed by atoms with Gasteiger partial charge in [0, 0.05) is 19.3 Å². The van der Waals surface area contributed by atoms with Crippen molar-refractivity contribution in [2.45, 2.75) is 37.3 Å². The van der Waals surface area contributed by atoms with Crippen molar-refractivity contribution in [3.63, 3.8) is 0 Å². The fourth-order valence-electron chi connectivity index (χ4n) is 4.01. The van der Waals surface area contributed by atoms with E-state index in [-0.39, 0.29) is 28.0 Å². The summed E-state index contributed by atoms with van der Waals surface area (Å²) in [6, 6.07) is 5.22. The number of anilines is 1. The molecule has 0 spiro atoms. The quantitative estimate of drug-likeness (QED) is 0.190. The Hall–Kier alpha value is -5.71. The molecule has 2 amide bonds. The molecule has 4 aromatic rings. The lowest BCUT2D eigenvalue weighted by Crippen LogP contribution is -2.40. The molecule has 0 fully saturated rings. The average molecular weight is 798 g/mol. The molecule has 1 aromatic carbocycles. The number of benzene rings is 1. The molecule has 3 aromatic heterocycles. The van der Waals surface area contributed by atoms with Crippen LogP contribution >= 0.6 is 11.6 Å². The number of pyridine rings is 1. The van der Waals surface area contributed by atoms with Crippen molar-refractivity contribution in [3.8, 4) is 17.4 Å². The fraction of sp³-hybridized carbons (Fsp3) is 0.276. The molecule has 0 radical (unpaired) electrons. The maximum absolute atomic E-state index is 12.9. The number of carbonyl (C=O) groups is 2. The lowest BCUT2D eigenvalue weighted by molar-refractivity contribution is -0.144. The van der Waals surface area contributed by atoms with E-state index in [2.05, 4.69) is 15.0 Å². The molecule has 4 rings (SSSR count). The summed E-state index contributed by atoms with van der Waals surface area (Å²) in [5.41, 5.74) is -5.53. The van der Waals surface area contributed by atoms with Crippen LogP contribution < -0.4 is 30.8 Å². The minimum Gasteiger partial charge on any atom is -0.481 e. The van der Waals surface area contributed by atoms with E-state index < -0.39 is 74.0 Å². The van der Waals surface area contributed by atoms with Crippen molar-refractivity contribution in [2.24, 2.45) is 7.05 Å². The third-order valence-corrected chi connectivity index (χ3v) is 7.88. The summed E-state index contributed by atoms with van der Waals surface area (Å²) in [6.07, 6.45) is -9.45. The molecule has 24 heteroatoms. The second-order valence-electron chi connectivity index (χ2n) is 10.4. The Bertz CT molecular complexity index is 2220. The Balaban J connectivity index is 0.000000286. The van der Waals surface area contributed by atoms with Crippen molar-refractivity contribution >= 4 is 39.6 Å². The molecule has 0 atom stereocenters.